The number of hydrogen-bond acceptors (Lipinski definition) is 2. The summed E-state index contributed by atoms with van der Waals surface area (Å²) in [6.45, 7) is 11.3. The van der Waals surface area contributed by atoms with Gasteiger partial charge in [0.1, 0.15) is 0 Å². The predicted octanol–water partition coefficient (Wildman–Crippen LogP) is 3.56. The average Bonchev–Trinajstić information content (AvgIpc) is 2.32. The molecule has 0 rings (SSSR count). The highest BCUT2D eigenvalue weighted by Gasteiger charge is 2.05. The van der Waals surface area contributed by atoms with Crippen LogP contribution in [0.25, 0.3) is 0 Å². The van der Waals surface area contributed by atoms with Crippen molar-refractivity contribution in [1.29, 1.82) is 0 Å². The van der Waals surface area contributed by atoms with Gasteiger partial charge in [0.25, 0.3) is 0 Å². The molecule has 0 aromatic carbocycles. The summed E-state index contributed by atoms with van der Waals surface area (Å²) in [5.74, 6) is 0.776. The lowest BCUT2D eigenvalue weighted by molar-refractivity contribution is 0.144. The molecule has 0 bridgehead atoms. The van der Waals surface area contributed by atoms with Gasteiger partial charge in [-0.1, -0.05) is 40.0 Å². The molecule has 0 spiro atoms. The summed E-state index contributed by atoms with van der Waals surface area (Å²) >= 11 is 0. The molecule has 1 unspecified atom stereocenters. The smallest absolute Gasteiger partial charge is 0.0490 e. The lowest BCUT2D eigenvalue weighted by Crippen LogP contribution is -2.23. The third kappa shape index (κ3) is 8.12. The maximum Gasteiger partial charge on any atom is 0.0490 e. The number of hydrogen-bond donors (Lipinski definition) is 0. The lowest BCUT2D eigenvalue weighted by atomic mass is 9.99. The van der Waals surface area contributed by atoms with Crippen LogP contribution in [0.5, 0.6) is 0 Å². The molecule has 16 heavy (non-hydrogen) atoms. The van der Waals surface area contributed by atoms with E-state index in [1.807, 2.05) is 7.11 Å². The van der Waals surface area contributed by atoms with Gasteiger partial charge in [-0.25, -0.2) is 0 Å². The molecule has 0 radical (unpaired) electrons. The first kappa shape index (κ1) is 15.9. The summed E-state index contributed by atoms with van der Waals surface area (Å²) < 4.78 is 5.22. The van der Waals surface area contributed by atoms with Crippen LogP contribution in [0.4, 0.5) is 0 Å². The summed E-state index contributed by atoms with van der Waals surface area (Å²) in [6, 6.07) is 0. The maximum absolute atomic E-state index is 5.22. The SMILES string of the molecule is CCC(CCCCCN(CC)CC)COC. The highest BCUT2D eigenvalue weighted by atomic mass is 16.5. The van der Waals surface area contributed by atoms with E-state index >= 15 is 0 Å². The summed E-state index contributed by atoms with van der Waals surface area (Å²) in [5.41, 5.74) is 0. The second-order valence-corrected chi connectivity index (χ2v) is 4.61. The number of rotatable bonds is 11. The van der Waals surface area contributed by atoms with Crippen molar-refractivity contribution >= 4 is 0 Å². The van der Waals surface area contributed by atoms with E-state index in [0.717, 1.165) is 12.5 Å². The Labute approximate surface area is 102 Å². The van der Waals surface area contributed by atoms with Gasteiger partial charge in [0.05, 0.1) is 0 Å². The molecule has 0 heterocycles. The monoisotopic (exact) mass is 229 g/mol. The summed E-state index contributed by atoms with van der Waals surface area (Å²) in [6.07, 6.45) is 6.68. The fraction of sp³-hybridized carbons (Fsp3) is 1.00. The molecule has 1 atom stereocenters. The second kappa shape index (κ2) is 11.4. The molecule has 0 fully saturated rings. The summed E-state index contributed by atoms with van der Waals surface area (Å²) in [7, 11) is 1.81. The second-order valence-electron chi connectivity index (χ2n) is 4.61. The standard InChI is InChI=1S/C14H31NO/c1-5-14(13-16-4)11-9-8-10-12-15(6-2)7-3/h14H,5-13H2,1-4H3. The van der Waals surface area contributed by atoms with Crippen LogP contribution < -0.4 is 0 Å². The van der Waals surface area contributed by atoms with Gasteiger partial charge in [-0.3, -0.25) is 0 Å². The number of methoxy groups -OCH3 is 1. The van der Waals surface area contributed by atoms with Crippen LogP contribution in [0.1, 0.15) is 52.9 Å². The molecule has 98 valence electrons. The minimum absolute atomic E-state index is 0.776. The van der Waals surface area contributed by atoms with Crippen molar-refractivity contribution in [1.82, 2.24) is 4.90 Å². The Morgan fingerprint density at radius 1 is 1.00 bits per heavy atom. The molecule has 0 aliphatic heterocycles. The Balaban J connectivity index is 3.37. The van der Waals surface area contributed by atoms with Crippen molar-refractivity contribution < 1.29 is 4.74 Å². The molecular formula is C14H31NO. The molecule has 0 saturated carbocycles. The first-order valence-electron chi connectivity index (χ1n) is 6.99. The first-order valence-corrected chi connectivity index (χ1v) is 6.99. The van der Waals surface area contributed by atoms with Gasteiger partial charge in [0.2, 0.25) is 0 Å². The third-order valence-electron chi connectivity index (χ3n) is 3.46. The topological polar surface area (TPSA) is 12.5 Å². The van der Waals surface area contributed by atoms with Crippen LogP contribution in [0.2, 0.25) is 0 Å². The molecule has 0 aromatic heterocycles. The van der Waals surface area contributed by atoms with Gasteiger partial charge < -0.3 is 9.64 Å². The van der Waals surface area contributed by atoms with Gasteiger partial charge in [0, 0.05) is 13.7 Å². The quantitative estimate of drug-likeness (QED) is 0.502. The van der Waals surface area contributed by atoms with Crippen molar-refractivity contribution in [2.45, 2.75) is 52.9 Å². The molecule has 0 N–H and O–H groups in total. The van der Waals surface area contributed by atoms with Crippen LogP contribution in [0.3, 0.4) is 0 Å². The number of nitrogens with zero attached hydrogens (tertiary/aromatic N) is 1. The van der Waals surface area contributed by atoms with Gasteiger partial charge >= 0.3 is 0 Å². The zero-order chi connectivity index (χ0) is 12.2. The fourth-order valence-electron chi connectivity index (χ4n) is 2.13. The van der Waals surface area contributed by atoms with Gasteiger partial charge in [-0.05, 0) is 38.4 Å². The highest BCUT2D eigenvalue weighted by molar-refractivity contribution is 4.58. The van der Waals surface area contributed by atoms with Gasteiger partial charge in [-0.2, -0.15) is 0 Å². The van der Waals surface area contributed by atoms with Crippen LogP contribution in [0, 0.1) is 5.92 Å². The van der Waals surface area contributed by atoms with E-state index < -0.39 is 0 Å². The van der Waals surface area contributed by atoms with E-state index in [-0.39, 0.29) is 0 Å². The summed E-state index contributed by atoms with van der Waals surface area (Å²) in [4.78, 5) is 2.51. The Bertz CT molecular complexity index is 135. The van der Waals surface area contributed by atoms with Crippen LogP contribution >= 0.6 is 0 Å². The molecule has 0 aromatic rings. The largest absolute Gasteiger partial charge is 0.384 e. The molecule has 0 aliphatic carbocycles. The highest BCUT2D eigenvalue weighted by Crippen LogP contribution is 2.13. The normalized spacial score (nSPS) is 13.3. The number of ether oxygens (including phenoxy) is 1. The van der Waals surface area contributed by atoms with Crippen molar-refractivity contribution in [3.63, 3.8) is 0 Å². The Hall–Kier alpha value is -0.0800. The zero-order valence-electron chi connectivity index (χ0n) is 11.8. The van der Waals surface area contributed by atoms with E-state index in [2.05, 4.69) is 25.7 Å². The predicted molar refractivity (Wildman–Crippen MR) is 71.9 cm³/mol. The van der Waals surface area contributed by atoms with E-state index in [1.54, 1.807) is 0 Å². The van der Waals surface area contributed by atoms with E-state index in [9.17, 15) is 0 Å². The van der Waals surface area contributed by atoms with E-state index in [0.29, 0.717) is 0 Å². The van der Waals surface area contributed by atoms with Crippen LogP contribution in [0.15, 0.2) is 0 Å². The van der Waals surface area contributed by atoms with Gasteiger partial charge in [0.15, 0.2) is 0 Å². The first-order chi connectivity index (χ1) is 7.78. The zero-order valence-corrected chi connectivity index (χ0v) is 11.8. The molecule has 0 saturated heterocycles. The minimum Gasteiger partial charge on any atom is -0.384 e. The van der Waals surface area contributed by atoms with Crippen LogP contribution in [-0.2, 0) is 4.74 Å². The van der Waals surface area contributed by atoms with Crippen molar-refractivity contribution in [3.8, 4) is 0 Å². The molecule has 0 aliphatic rings. The average molecular weight is 229 g/mol. The molecule has 2 nitrogen and oxygen atoms in total. The lowest BCUT2D eigenvalue weighted by Gasteiger charge is -2.18. The maximum atomic E-state index is 5.22. The Kier molecular flexibility index (Phi) is 11.3. The number of unbranched alkanes of at least 4 members (excludes halogenated alkanes) is 2. The Morgan fingerprint density at radius 3 is 2.19 bits per heavy atom. The molecule has 2 heteroatoms. The van der Waals surface area contributed by atoms with Gasteiger partial charge in [-0.15, -0.1) is 0 Å². The third-order valence-corrected chi connectivity index (χ3v) is 3.46. The van der Waals surface area contributed by atoms with E-state index in [4.69, 9.17) is 4.74 Å². The molecule has 0 amide bonds. The summed E-state index contributed by atoms with van der Waals surface area (Å²) in [5, 5.41) is 0. The van der Waals surface area contributed by atoms with Crippen molar-refractivity contribution in [3.05, 3.63) is 0 Å². The van der Waals surface area contributed by atoms with E-state index in [1.165, 1.54) is 51.7 Å². The minimum atomic E-state index is 0.776. The van der Waals surface area contributed by atoms with Crippen LogP contribution in [-0.4, -0.2) is 38.3 Å². The van der Waals surface area contributed by atoms with Crippen molar-refractivity contribution in [2.75, 3.05) is 33.4 Å². The van der Waals surface area contributed by atoms with Crippen molar-refractivity contribution in [2.24, 2.45) is 5.92 Å². The fourth-order valence-corrected chi connectivity index (χ4v) is 2.13. The Morgan fingerprint density at radius 2 is 1.69 bits per heavy atom. The molecular weight excluding hydrogens is 198 g/mol.